The van der Waals surface area contributed by atoms with Gasteiger partial charge in [0.15, 0.2) is 11.6 Å². The van der Waals surface area contributed by atoms with E-state index in [4.69, 9.17) is 5.11 Å². The number of carbonyl (C=O) groups is 2. The van der Waals surface area contributed by atoms with Gasteiger partial charge in [-0.1, -0.05) is 0 Å². The van der Waals surface area contributed by atoms with E-state index in [0.29, 0.717) is 18.7 Å². The summed E-state index contributed by atoms with van der Waals surface area (Å²) < 4.78 is 26.1. The SMILES string of the molecule is CSCCCNC(=O)Nc1cc(F)c(F)cc1C(=O)O. The monoisotopic (exact) mass is 304 g/mol. The highest BCUT2D eigenvalue weighted by atomic mass is 32.2. The van der Waals surface area contributed by atoms with Crippen molar-refractivity contribution in [2.75, 3.05) is 23.9 Å². The van der Waals surface area contributed by atoms with Crippen molar-refractivity contribution in [3.63, 3.8) is 0 Å². The third kappa shape index (κ3) is 4.69. The lowest BCUT2D eigenvalue weighted by Gasteiger charge is -2.10. The van der Waals surface area contributed by atoms with Gasteiger partial charge in [-0.2, -0.15) is 11.8 Å². The van der Waals surface area contributed by atoms with E-state index >= 15 is 0 Å². The number of hydrogen-bond donors (Lipinski definition) is 3. The molecule has 0 aliphatic heterocycles. The van der Waals surface area contributed by atoms with Gasteiger partial charge >= 0.3 is 12.0 Å². The maximum atomic E-state index is 13.1. The van der Waals surface area contributed by atoms with Gasteiger partial charge in [0.05, 0.1) is 11.3 Å². The number of hydrogen-bond acceptors (Lipinski definition) is 3. The molecule has 110 valence electrons. The summed E-state index contributed by atoms with van der Waals surface area (Å²) in [5, 5.41) is 13.6. The van der Waals surface area contributed by atoms with Crippen LogP contribution in [0.2, 0.25) is 0 Å². The fraction of sp³-hybridized carbons (Fsp3) is 0.333. The van der Waals surface area contributed by atoms with E-state index < -0.39 is 29.2 Å². The number of carboxylic acid groups (broad SMARTS) is 1. The molecule has 0 bridgehead atoms. The number of thioether (sulfide) groups is 1. The molecule has 0 fully saturated rings. The number of rotatable bonds is 6. The second kappa shape index (κ2) is 7.68. The molecule has 1 rings (SSSR count). The van der Waals surface area contributed by atoms with Crippen LogP contribution in [0.1, 0.15) is 16.8 Å². The van der Waals surface area contributed by atoms with Gasteiger partial charge < -0.3 is 15.7 Å². The molecule has 0 aliphatic carbocycles. The van der Waals surface area contributed by atoms with E-state index in [1.165, 1.54) is 0 Å². The van der Waals surface area contributed by atoms with Gasteiger partial charge in [-0.25, -0.2) is 18.4 Å². The highest BCUT2D eigenvalue weighted by Crippen LogP contribution is 2.20. The fourth-order valence-electron chi connectivity index (χ4n) is 1.41. The molecular weight excluding hydrogens is 290 g/mol. The molecule has 0 unspecified atom stereocenters. The molecule has 2 amide bonds. The number of anilines is 1. The molecule has 1 aromatic carbocycles. The maximum absolute atomic E-state index is 13.1. The lowest BCUT2D eigenvalue weighted by Crippen LogP contribution is -2.30. The number of aromatic carboxylic acids is 1. The number of carbonyl (C=O) groups excluding carboxylic acids is 1. The van der Waals surface area contributed by atoms with Crippen LogP contribution in [0.15, 0.2) is 12.1 Å². The summed E-state index contributed by atoms with van der Waals surface area (Å²) in [5.74, 6) is -3.10. The largest absolute Gasteiger partial charge is 0.478 e. The zero-order valence-corrected chi connectivity index (χ0v) is 11.5. The van der Waals surface area contributed by atoms with Gasteiger partial charge in [-0.15, -0.1) is 0 Å². The van der Waals surface area contributed by atoms with Crippen molar-refractivity contribution in [2.45, 2.75) is 6.42 Å². The molecule has 5 nitrogen and oxygen atoms in total. The van der Waals surface area contributed by atoms with E-state index in [1.807, 2.05) is 6.26 Å². The minimum atomic E-state index is -1.46. The predicted molar refractivity (Wildman–Crippen MR) is 73.3 cm³/mol. The average Bonchev–Trinajstić information content (AvgIpc) is 2.38. The fourth-order valence-corrected chi connectivity index (χ4v) is 1.85. The van der Waals surface area contributed by atoms with Crippen LogP contribution >= 0.6 is 11.8 Å². The number of benzene rings is 1. The lowest BCUT2D eigenvalue weighted by atomic mass is 10.1. The van der Waals surface area contributed by atoms with Crippen molar-refractivity contribution in [1.29, 1.82) is 0 Å². The van der Waals surface area contributed by atoms with Crippen LogP contribution in [0.4, 0.5) is 19.3 Å². The highest BCUT2D eigenvalue weighted by Gasteiger charge is 2.16. The van der Waals surface area contributed by atoms with Gasteiger partial charge in [-0.3, -0.25) is 0 Å². The molecule has 0 heterocycles. The summed E-state index contributed by atoms with van der Waals surface area (Å²) in [6.07, 6.45) is 2.68. The number of nitrogens with one attached hydrogen (secondary N) is 2. The Morgan fingerprint density at radius 1 is 1.30 bits per heavy atom. The smallest absolute Gasteiger partial charge is 0.337 e. The zero-order chi connectivity index (χ0) is 15.1. The van der Waals surface area contributed by atoms with Crippen molar-refractivity contribution >= 4 is 29.4 Å². The Morgan fingerprint density at radius 3 is 2.55 bits per heavy atom. The minimum Gasteiger partial charge on any atom is -0.478 e. The van der Waals surface area contributed by atoms with E-state index in [1.54, 1.807) is 11.8 Å². The zero-order valence-electron chi connectivity index (χ0n) is 10.7. The first-order chi connectivity index (χ1) is 9.45. The lowest BCUT2D eigenvalue weighted by molar-refractivity contribution is 0.0697. The Labute approximate surface area is 118 Å². The topological polar surface area (TPSA) is 78.4 Å². The maximum Gasteiger partial charge on any atom is 0.337 e. The molecule has 0 radical (unpaired) electrons. The van der Waals surface area contributed by atoms with Crippen LogP contribution in [-0.4, -0.2) is 35.7 Å². The van der Waals surface area contributed by atoms with Crippen LogP contribution in [0.3, 0.4) is 0 Å². The predicted octanol–water partition coefficient (Wildman–Crippen LogP) is 2.54. The van der Waals surface area contributed by atoms with Gasteiger partial charge in [0.25, 0.3) is 0 Å². The second-order valence-electron chi connectivity index (χ2n) is 3.84. The second-order valence-corrected chi connectivity index (χ2v) is 4.83. The quantitative estimate of drug-likeness (QED) is 0.706. The van der Waals surface area contributed by atoms with Crippen molar-refractivity contribution in [1.82, 2.24) is 5.32 Å². The molecule has 0 saturated heterocycles. The van der Waals surface area contributed by atoms with Crippen molar-refractivity contribution in [3.05, 3.63) is 29.3 Å². The summed E-state index contributed by atoms with van der Waals surface area (Å²) in [6, 6.07) is 0.501. The van der Waals surface area contributed by atoms with E-state index in [-0.39, 0.29) is 5.69 Å². The van der Waals surface area contributed by atoms with Crippen LogP contribution < -0.4 is 10.6 Å². The third-order valence-corrected chi connectivity index (χ3v) is 3.05. The van der Waals surface area contributed by atoms with E-state index in [2.05, 4.69) is 10.6 Å². The van der Waals surface area contributed by atoms with Crippen LogP contribution in [0, 0.1) is 11.6 Å². The third-order valence-electron chi connectivity index (χ3n) is 2.35. The minimum absolute atomic E-state index is 0.293. The molecule has 0 saturated carbocycles. The Balaban J connectivity index is 2.73. The molecule has 1 aromatic rings. The molecule has 8 heteroatoms. The normalized spacial score (nSPS) is 10.2. The van der Waals surface area contributed by atoms with Gasteiger partial charge in [0.1, 0.15) is 0 Å². The van der Waals surface area contributed by atoms with E-state index in [9.17, 15) is 18.4 Å². The van der Waals surface area contributed by atoms with Crippen LogP contribution in [-0.2, 0) is 0 Å². The first kappa shape index (κ1) is 16.2. The number of urea groups is 1. The molecule has 0 atom stereocenters. The van der Waals surface area contributed by atoms with Crippen molar-refractivity contribution < 1.29 is 23.5 Å². The summed E-state index contributed by atoms with van der Waals surface area (Å²) in [4.78, 5) is 22.4. The molecule has 0 aromatic heterocycles. The van der Waals surface area contributed by atoms with Crippen LogP contribution in [0.25, 0.3) is 0 Å². The Morgan fingerprint density at radius 2 is 1.95 bits per heavy atom. The Bertz CT molecular complexity index is 512. The Hall–Kier alpha value is -1.83. The summed E-state index contributed by atoms with van der Waals surface area (Å²) in [7, 11) is 0. The number of carboxylic acids is 1. The first-order valence-corrected chi connectivity index (χ1v) is 7.11. The van der Waals surface area contributed by atoms with Crippen LogP contribution in [0.5, 0.6) is 0 Å². The molecule has 3 N–H and O–H groups in total. The average molecular weight is 304 g/mol. The molecule has 0 spiro atoms. The molecular formula is C12H14F2N2O3S. The van der Waals surface area contributed by atoms with E-state index in [0.717, 1.165) is 12.2 Å². The standard InChI is InChI=1S/C12H14F2N2O3S/c1-20-4-2-3-15-12(19)16-10-6-9(14)8(13)5-7(10)11(17)18/h5-6H,2-4H2,1H3,(H,17,18)(H2,15,16,19). The van der Waals surface area contributed by atoms with Crippen molar-refractivity contribution in [2.24, 2.45) is 0 Å². The van der Waals surface area contributed by atoms with Crippen molar-refractivity contribution in [3.8, 4) is 0 Å². The van der Waals surface area contributed by atoms with Gasteiger partial charge in [0.2, 0.25) is 0 Å². The van der Waals surface area contributed by atoms with Gasteiger partial charge in [0, 0.05) is 12.6 Å². The number of amides is 2. The molecule has 20 heavy (non-hydrogen) atoms. The summed E-state index contributed by atoms with van der Waals surface area (Å²) in [6.45, 7) is 0.402. The Kier molecular flexibility index (Phi) is 6.23. The number of halogens is 2. The molecule has 0 aliphatic rings. The highest BCUT2D eigenvalue weighted by molar-refractivity contribution is 7.98. The summed E-state index contributed by atoms with van der Waals surface area (Å²) in [5.41, 5.74) is -0.804. The summed E-state index contributed by atoms with van der Waals surface area (Å²) >= 11 is 1.63. The first-order valence-electron chi connectivity index (χ1n) is 5.71. The van der Waals surface area contributed by atoms with Gasteiger partial charge in [-0.05, 0) is 24.5 Å².